The van der Waals surface area contributed by atoms with E-state index in [-0.39, 0.29) is 0 Å². The van der Waals surface area contributed by atoms with Gasteiger partial charge >= 0.3 is 0 Å². The van der Waals surface area contributed by atoms with Crippen LogP contribution in [0.25, 0.3) is 89.1 Å². The van der Waals surface area contributed by atoms with Crippen molar-refractivity contribution in [1.82, 2.24) is 15.0 Å². The van der Waals surface area contributed by atoms with E-state index in [1.165, 1.54) is 22.3 Å². The number of hydrogen-bond acceptors (Lipinski definition) is 4. The first-order valence-electron chi connectivity index (χ1n) is 21.8. The lowest BCUT2D eigenvalue weighted by atomic mass is 9.65. The highest BCUT2D eigenvalue weighted by molar-refractivity contribution is 6.12. The molecule has 0 N–H and O–H groups in total. The molecule has 0 amide bonds. The summed E-state index contributed by atoms with van der Waals surface area (Å²) in [5.41, 5.74) is 16.6. The molecule has 0 unspecified atom stereocenters. The van der Waals surface area contributed by atoms with E-state index in [4.69, 9.17) is 19.7 Å². The molecule has 0 atom stereocenters. The number of para-hydroxylation sites is 1. The van der Waals surface area contributed by atoms with Gasteiger partial charge in [-0.1, -0.05) is 188 Å². The molecule has 11 aromatic rings. The summed E-state index contributed by atoms with van der Waals surface area (Å²) in [5, 5.41) is 3.33. The molecule has 3 heterocycles. The first-order valence-corrected chi connectivity index (χ1v) is 21.8. The number of fused-ring (bicyclic) bond motifs is 12. The van der Waals surface area contributed by atoms with Gasteiger partial charge in [0.15, 0.2) is 5.82 Å². The van der Waals surface area contributed by atoms with E-state index in [1.807, 2.05) is 36.4 Å². The molecule has 13 rings (SSSR count). The summed E-state index contributed by atoms with van der Waals surface area (Å²) in [5.74, 6) is 2.39. The van der Waals surface area contributed by atoms with Crippen LogP contribution in [0.4, 0.5) is 0 Å². The molecule has 4 heteroatoms. The maximum Gasteiger partial charge on any atom is 0.160 e. The van der Waals surface area contributed by atoms with Crippen LogP contribution in [0.1, 0.15) is 22.3 Å². The van der Waals surface area contributed by atoms with Gasteiger partial charge in [-0.05, 0) is 75.2 Å². The molecule has 0 saturated carbocycles. The minimum Gasteiger partial charge on any atom is -0.457 e. The minimum atomic E-state index is -0.653. The van der Waals surface area contributed by atoms with Crippen LogP contribution in [0.2, 0.25) is 0 Å². The predicted octanol–water partition coefficient (Wildman–Crippen LogP) is 15.0. The average molecular weight is 816 g/mol. The van der Waals surface area contributed by atoms with Gasteiger partial charge in [-0.25, -0.2) is 15.0 Å². The quantitative estimate of drug-likeness (QED) is 0.162. The highest BCUT2D eigenvalue weighted by Crippen LogP contribution is 2.63. The molecule has 2 aromatic heterocycles. The third kappa shape index (κ3) is 5.52. The van der Waals surface area contributed by atoms with Crippen molar-refractivity contribution in [3.8, 4) is 78.9 Å². The van der Waals surface area contributed by atoms with Gasteiger partial charge in [-0.2, -0.15) is 0 Å². The zero-order valence-electron chi connectivity index (χ0n) is 34.6. The Hall–Kier alpha value is -8.47. The van der Waals surface area contributed by atoms with Crippen LogP contribution in [0.5, 0.6) is 11.5 Å². The van der Waals surface area contributed by atoms with E-state index >= 15 is 0 Å². The van der Waals surface area contributed by atoms with Crippen LogP contribution in [-0.4, -0.2) is 15.0 Å². The third-order valence-electron chi connectivity index (χ3n) is 13.2. The van der Waals surface area contributed by atoms with Crippen LogP contribution in [-0.2, 0) is 5.41 Å². The van der Waals surface area contributed by atoms with E-state index in [9.17, 15) is 0 Å². The number of nitrogens with zero attached hydrogens (tertiary/aromatic N) is 3. The van der Waals surface area contributed by atoms with Crippen LogP contribution in [0, 0.1) is 0 Å². The second-order valence-corrected chi connectivity index (χ2v) is 16.7. The lowest BCUT2D eigenvalue weighted by Gasteiger charge is -2.40. The Balaban J connectivity index is 1.00. The zero-order valence-corrected chi connectivity index (χ0v) is 34.6. The van der Waals surface area contributed by atoms with Crippen molar-refractivity contribution in [1.29, 1.82) is 0 Å². The molecule has 0 bridgehead atoms. The highest BCUT2D eigenvalue weighted by atomic mass is 16.5. The Morgan fingerprint density at radius 3 is 1.53 bits per heavy atom. The summed E-state index contributed by atoms with van der Waals surface area (Å²) in [4.78, 5) is 15.4. The molecule has 4 nitrogen and oxygen atoms in total. The van der Waals surface area contributed by atoms with Crippen molar-refractivity contribution in [3.63, 3.8) is 0 Å². The third-order valence-corrected chi connectivity index (χ3v) is 13.2. The smallest absolute Gasteiger partial charge is 0.160 e. The maximum absolute atomic E-state index is 7.13. The molecule has 1 aliphatic carbocycles. The number of ether oxygens (including phenoxy) is 1. The van der Waals surface area contributed by atoms with E-state index in [0.717, 1.165) is 94.8 Å². The normalized spacial score (nSPS) is 12.9. The molecular weight excluding hydrogens is 779 g/mol. The Kier molecular flexibility index (Phi) is 8.09. The van der Waals surface area contributed by atoms with Gasteiger partial charge in [0.05, 0.1) is 28.0 Å². The first kappa shape index (κ1) is 36.2. The molecule has 64 heavy (non-hydrogen) atoms. The Morgan fingerprint density at radius 1 is 0.312 bits per heavy atom. The number of benzene rings is 9. The van der Waals surface area contributed by atoms with Crippen molar-refractivity contribution in [2.45, 2.75) is 5.41 Å². The van der Waals surface area contributed by atoms with Crippen LogP contribution >= 0.6 is 0 Å². The number of pyridine rings is 1. The number of hydrogen-bond donors (Lipinski definition) is 0. The van der Waals surface area contributed by atoms with Crippen molar-refractivity contribution >= 4 is 21.7 Å². The van der Waals surface area contributed by atoms with Gasteiger partial charge in [0.25, 0.3) is 0 Å². The lowest BCUT2D eigenvalue weighted by Crippen LogP contribution is -2.32. The average Bonchev–Trinajstić information content (AvgIpc) is 3.67. The molecule has 0 radical (unpaired) electrons. The summed E-state index contributed by atoms with van der Waals surface area (Å²) in [6.07, 6.45) is 0. The molecule has 298 valence electrons. The van der Waals surface area contributed by atoms with Crippen molar-refractivity contribution in [3.05, 3.63) is 247 Å². The lowest BCUT2D eigenvalue weighted by molar-refractivity contribution is 0.437. The van der Waals surface area contributed by atoms with Crippen molar-refractivity contribution < 1.29 is 4.74 Å². The van der Waals surface area contributed by atoms with Crippen LogP contribution in [0.3, 0.4) is 0 Å². The summed E-state index contributed by atoms with van der Waals surface area (Å²) in [6.45, 7) is 0. The second kappa shape index (κ2) is 14.3. The van der Waals surface area contributed by atoms with Gasteiger partial charge in [-0.15, -0.1) is 0 Å². The SMILES string of the molecule is c1ccc(-c2cc(-c3ccc(-c4ccc5c(c4)C4(c6cc7c(cc6O5)c(-c5ccccc5)nc5ccccc57)c5ccccc5-c5ccccc54)cc3)nc(-c3ccccc3)n2)cc1. The van der Waals surface area contributed by atoms with Crippen LogP contribution in [0.15, 0.2) is 224 Å². The highest BCUT2D eigenvalue weighted by Gasteiger charge is 2.51. The number of rotatable bonds is 5. The molecule has 1 aliphatic heterocycles. The van der Waals surface area contributed by atoms with Crippen LogP contribution < -0.4 is 4.74 Å². The molecule has 0 fully saturated rings. The van der Waals surface area contributed by atoms with E-state index in [2.05, 4.69) is 188 Å². The van der Waals surface area contributed by atoms with Crippen molar-refractivity contribution in [2.24, 2.45) is 0 Å². The molecule has 9 aromatic carbocycles. The maximum atomic E-state index is 7.13. The molecular formula is C60H37N3O. The van der Waals surface area contributed by atoms with E-state index in [1.54, 1.807) is 0 Å². The molecule has 0 saturated heterocycles. The largest absolute Gasteiger partial charge is 0.457 e. The topological polar surface area (TPSA) is 47.9 Å². The summed E-state index contributed by atoms with van der Waals surface area (Å²) in [6, 6.07) is 79.6. The Labute approximate surface area is 370 Å². The van der Waals surface area contributed by atoms with Gasteiger partial charge in [0.1, 0.15) is 11.5 Å². The molecule has 1 spiro atoms. The van der Waals surface area contributed by atoms with E-state index in [0.29, 0.717) is 5.82 Å². The number of aromatic nitrogens is 3. The second-order valence-electron chi connectivity index (χ2n) is 16.7. The summed E-state index contributed by atoms with van der Waals surface area (Å²) in [7, 11) is 0. The van der Waals surface area contributed by atoms with Gasteiger partial charge < -0.3 is 4.74 Å². The fourth-order valence-electron chi connectivity index (χ4n) is 10.2. The fourth-order valence-corrected chi connectivity index (χ4v) is 10.2. The predicted molar refractivity (Wildman–Crippen MR) is 259 cm³/mol. The fraction of sp³-hybridized carbons (Fsp3) is 0.0167. The molecule has 2 aliphatic rings. The van der Waals surface area contributed by atoms with E-state index < -0.39 is 5.41 Å². The standard InChI is InChI=1S/C60H37N3O/c1-4-16-39(17-5-1)54-37-55(63-59(62-54)42-20-8-3-9-21-42)40-30-28-38(29-31-40)43-32-33-56-51(34-43)60(49-25-13-10-22-44(49)45-23-11-14-26-50(45)60)52-35-47-46-24-12-15-27-53(46)61-58(41-18-6-2-7-19-41)48(47)36-57(52)64-56/h1-37H. The van der Waals surface area contributed by atoms with Gasteiger partial charge in [0.2, 0.25) is 0 Å². The van der Waals surface area contributed by atoms with Gasteiger partial charge in [0, 0.05) is 44.2 Å². The van der Waals surface area contributed by atoms with Crippen molar-refractivity contribution in [2.75, 3.05) is 0 Å². The Bertz CT molecular complexity index is 3520. The summed E-state index contributed by atoms with van der Waals surface area (Å²) >= 11 is 0. The summed E-state index contributed by atoms with van der Waals surface area (Å²) < 4.78 is 7.13. The monoisotopic (exact) mass is 815 g/mol. The first-order chi connectivity index (χ1) is 31.7. The van der Waals surface area contributed by atoms with Gasteiger partial charge in [-0.3, -0.25) is 0 Å². The zero-order chi connectivity index (χ0) is 42.2. The Morgan fingerprint density at radius 2 is 0.844 bits per heavy atom. The minimum absolute atomic E-state index is 0.653.